The van der Waals surface area contributed by atoms with E-state index in [9.17, 15) is 18.0 Å². The molecule has 8 nitrogen and oxygen atoms in total. The van der Waals surface area contributed by atoms with Crippen molar-refractivity contribution < 1.29 is 18.0 Å². The van der Waals surface area contributed by atoms with Gasteiger partial charge < -0.3 is 10.2 Å². The number of rotatable bonds is 10. The zero-order valence-corrected chi connectivity index (χ0v) is 20.8. The van der Waals surface area contributed by atoms with Gasteiger partial charge in [-0.1, -0.05) is 6.92 Å². The molecule has 2 amide bonds. The summed E-state index contributed by atoms with van der Waals surface area (Å²) in [6.07, 6.45) is 4.70. The molecule has 0 aromatic heterocycles. The van der Waals surface area contributed by atoms with Crippen LogP contribution in [-0.4, -0.2) is 75.8 Å². The highest BCUT2D eigenvalue weighted by atomic mass is 32.2. The van der Waals surface area contributed by atoms with E-state index >= 15 is 0 Å². The van der Waals surface area contributed by atoms with Gasteiger partial charge in [0.2, 0.25) is 21.8 Å². The Hall–Kier alpha value is -1.78. The van der Waals surface area contributed by atoms with Gasteiger partial charge in [-0.05, 0) is 61.8 Å². The molecule has 1 atom stereocenters. The molecule has 0 radical (unpaired) electrons. The largest absolute Gasteiger partial charge is 0.358 e. The first kappa shape index (κ1) is 24.9. The zero-order chi connectivity index (χ0) is 23.3. The first-order valence-electron chi connectivity index (χ1n) is 11.3. The highest BCUT2D eigenvalue weighted by Crippen LogP contribution is 2.40. The minimum Gasteiger partial charge on any atom is -0.358 e. The fourth-order valence-corrected chi connectivity index (χ4v) is 5.88. The van der Waals surface area contributed by atoms with E-state index in [1.54, 1.807) is 12.1 Å². The van der Waals surface area contributed by atoms with Crippen LogP contribution < -0.4 is 15.1 Å². The van der Waals surface area contributed by atoms with Gasteiger partial charge in [0, 0.05) is 27.2 Å². The van der Waals surface area contributed by atoms with Gasteiger partial charge in [-0.2, -0.15) is 11.8 Å². The Balaban J connectivity index is 1.82. The lowest BCUT2D eigenvalue weighted by Gasteiger charge is -2.45. The van der Waals surface area contributed by atoms with Crippen molar-refractivity contribution in [2.24, 2.45) is 0 Å². The summed E-state index contributed by atoms with van der Waals surface area (Å²) in [5, 5.41) is 2.91. The number of thioether (sulfide) groups is 1. The molecular weight excluding hydrogens is 448 g/mol. The number of sulfonamides is 1. The van der Waals surface area contributed by atoms with Gasteiger partial charge in [-0.25, -0.2) is 12.7 Å². The Morgan fingerprint density at radius 3 is 2.72 bits per heavy atom. The van der Waals surface area contributed by atoms with E-state index in [-0.39, 0.29) is 29.3 Å². The van der Waals surface area contributed by atoms with E-state index in [2.05, 4.69) is 17.1 Å². The topological polar surface area (TPSA) is 90.0 Å². The minimum atomic E-state index is -3.66. The quantitative estimate of drug-likeness (QED) is 0.515. The first-order chi connectivity index (χ1) is 15.3. The third kappa shape index (κ3) is 5.40. The first-order valence-corrected chi connectivity index (χ1v) is 13.9. The lowest BCUT2D eigenvalue weighted by atomic mass is 9.96. The molecule has 2 heterocycles. The van der Waals surface area contributed by atoms with Gasteiger partial charge in [-0.3, -0.25) is 14.5 Å². The molecule has 3 rings (SSSR count). The number of nitrogens with zero attached hydrogens (tertiary/aromatic N) is 3. The molecule has 32 heavy (non-hydrogen) atoms. The van der Waals surface area contributed by atoms with E-state index in [1.807, 2.05) is 11.8 Å². The number of fused-ring (bicyclic) bond motifs is 3. The number of hydrogen-bond donors (Lipinski definition) is 1. The highest BCUT2D eigenvalue weighted by Gasteiger charge is 2.40. The van der Waals surface area contributed by atoms with Gasteiger partial charge in [0.05, 0.1) is 16.3 Å². The van der Waals surface area contributed by atoms with Crippen molar-refractivity contribution in [1.82, 2.24) is 9.62 Å². The van der Waals surface area contributed by atoms with Crippen LogP contribution in [0.5, 0.6) is 0 Å². The van der Waals surface area contributed by atoms with Crippen LogP contribution in [0.15, 0.2) is 23.1 Å². The highest BCUT2D eigenvalue weighted by molar-refractivity contribution is 7.99. The number of benzene rings is 1. The van der Waals surface area contributed by atoms with E-state index in [0.717, 1.165) is 60.1 Å². The van der Waals surface area contributed by atoms with E-state index in [1.165, 1.54) is 25.1 Å². The summed E-state index contributed by atoms with van der Waals surface area (Å²) in [7, 11) is -0.707. The van der Waals surface area contributed by atoms with Crippen molar-refractivity contribution in [2.45, 2.75) is 50.0 Å². The van der Waals surface area contributed by atoms with Gasteiger partial charge in [0.1, 0.15) is 12.6 Å². The number of amides is 2. The third-order valence-electron chi connectivity index (χ3n) is 5.82. The SMILES string of the molecule is CCCSCCCNC(=O)CN1C(=O)C2CCCCN2c2ccc(S(=O)(=O)N(C)C)cc21. The number of nitrogens with one attached hydrogen (secondary N) is 1. The monoisotopic (exact) mass is 482 g/mol. The lowest BCUT2D eigenvalue weighted by Crippen LogP contribution is -2.57. The number of piperidine rings is 1. The summed E-state index contributed by atoms with van der Waals surface area (Å²) in [4.78, 5) is 29.6. The predicted molar refractivity (Wildman–Crippen MR) is 130 cm³/mol. The molecule has 2 aliphatic rings. The van der Waals surface area contributed by atoms with Crippen molar-refractivity contribution in [1.29, 1.82) is 0 Å². The lowest BCUT2D eigenvalue weighted by molar-refractivity contribution is -0.125. The summed E-state index contributed by atoms with van der Waals surface area (Å²) in [6, 6.07) is 4.58. The molecule has 1 aromatic rings. The van der Waals surface area contributed by atoms with Gasteiger partial charge >= 0.3 is 0 Å². The van der Waals surface area contributed by atoms with Crippen LogP contribution in [0, 0.1) is 0 Å². The summed E-state index contributed by atoms with van der Waals surface area (Å²) >= 11 is 1.87. The molecule has 1 fully saturated rings. The van der Waals surface area contributed by atoms with Gasteiger partial charge in [0.15, 0.2) is 0 Å². The molecule has 0 aliphatic carbocycles. The van der Waals surface area contributed by atoms with Crippen LogP contribution in [0.25, 0.3) is 0 Å². The summed E-state index contributed by atoms with van der Waals surface area (Å²) in [5.74, 6) is 1.74. The van der Waals surface area contributed by atoms with Crippen molar-refractivity contribution in [3.63, 3.8) is 0 Å². The van der Waals surface area contributed by atoms with E-state index < -0.39 is 10.0 Å². The predicted octanol–water partition coefficient (Wildman–Crippen LogP) is 2.29. The average molecular weight is 483 g/mol. The van der Waals surface area contributed by atoms with Crippen molar-refractivity contribution >= 4 is 45.0 Å². The molecule has 1 aromatic carbocycles. The standard InChI is InChI=1S/C22H34N4O4S2/c1-4-13-31-14-7-11-23-21(27)16-26-20-15-17(32(29,30)24(2)3)9-10-18(20)25-12-6-5-8-19(25)22(26)28/h9-10,15,19H,4-8,11-14,16H2,1-3H3,(H,23,27). The maximum absolute atomic E-state index is 13.3. The fraction of sp³-hybridized carbons (Fsp3) is 0.636. The number of carbonyl (C=O) groups is 2. The molecular formula is C22H34N4O4S2. The molecule has 0 spiro atoms. The number of hydrogen-bond acceptors (Lipinski definition) is 6. The Bertz CT molecular complexity index is 936. The maximum Gasteiger partial charge on any atom is 0.250 e. The summed E-state index contributed by atoms with van der Waals surface area (Å²) in [6.45, 7) is 3.35. The summed E-state index contributed by atoms with van der Waals surface area (Å²) < 4.78 is 26.5. The van der Waals surface area contributed by atoms with Crippen LogP contribution in [0.1, 0.15) is 39.0 Å². The van der Waals surface area contributed by atoms with Crippen LogP contribution >= 0.6 is 11.8 Å². The molecule has 178 valence electrons. The smallest absolute Gasteiger partial charge is 0.250 e. The fourth-order valence-electron chi connectivity index (χ4n) is 4.12. The second-order valence-electron chi connectivity index (χ2n) is 8.38. The van der Waals surface area contributed by atoms with Gasteiger partial charge in [-0.15, -0.1) is 0 Å². The van der Waals surface area contributed by atoms with Crippen molar-refractivity contribution in [3.05, 3.63) is 18.2 Å². The summed E-state index contributed by atoms with van der Waals surface area (Å²) in [5.41, 5.74) is 1.31. The molecule has 10 heteroatoms. The zero-order valence-electron chi connectivity index (χ0n) is 19.2. The van der Waals surface area contributed by atoms with Crippen molar-refractivity contribution in [3.8, 4) is 0 Å². The third-order valence-corrected chi connectivity index (χ3v) is 8.90. The Morgan fingerprint density at radius 2 is 2.00 bits per heavy atom. The normalized spacial score (nSPS) is 18.5. The molecule has 1 N–H and O–H groups in total. The maximum atomic E-state index is 13.3. The Kier molecular flexibility index (Phi) is 8.46. The molecule has 0 bridgehead atoms. The molecule has 1 saturated heterocycles. The van der Waals surface area contributed by atoms with Gasteiger partial charge in [0.25, 0.3) is 0 Å². The van der Waals surface area contributed by atoms with Crippen LogP contribution in [0.2, 0.25) is 0 Å². The van der Waals surface area contributed by atoms with Crippen LogP contribution in [0.4, 0.5) is 11.4 Å². The van der Waals surface area contributed by atoms with E-state index in [0.29, 0.717) is 12.2 Å². The molecule has 2 aliphatic heterocycles. The van der Waals surface area contributed by atoms with Crippen molar-refractivity contribution in [2.75, 3.05) is 55.0 Å². The second kappa shape index (κ2) is 10.9. The second-order valence-corrected chi connectivity index (χ2v) is 11.8. The molecule has 0 saturated carbocycles. The van der Waals surface area contributed by atoms with Crippen LogP contribution in [-0.2, 0) is 19.6 Å². The number of anilines is 2. The van der Waals surface area contributed by atoms with E-state index in [4.69, 9.17) is 0 Å². The number of carbonyl (C=O) groups excluding carboxylic acids is 2. The Morgan fingerprint density at radius 1 is 1.22 bits per heavy atom. The minimum absolute atomic E-state index is 0.107. The Labute approximate surface area is 195 Å². The van der Waals surface area contributed by atoms with Crippen LogP contribution in [0.3, 0.4) is 0 Å². The average Bonchev–Trinajstić information content (AvgIpc) is 2.78. The molecule has 1 unspecified atom stereocenters.